The molecule has 2 nitrogen and oxygen atoms in total. The van der Waals surface area contributed by atoms with E-state index >= 15 is 0 Å². The second-order valence-electron chi connectivity index (χ2n) is 3.54. The molecule has 2 aromatic rings. The van der Waals surface area contributed by atoms with E-state index in [2.05, 4.69) is 49.9 Å². The van der Waals surface area contributed by atoms with Gasteiger partial charge in [0.25, 0.3) is 0 Å². The zero-order valence-electron chi connectivity index (χ0n) is 9.17. The van der Waals surface area contributed by atoms with Gasteiger partial charge in [-0.3, -0.25) is 4.68 Å². The van der Waals surface area contributed by atoms with E-state index in [1.54, 1.807) is 0 Å². The molecular formula is C12H12Br2N2. The SMILES string of the molecule is CCn1nc(C)c(Br)c1-c1ccccc1Br. The minimum atomic E-state index is 0.864. The highest BCUT2D eigenvalue weighted by molar-refractivity contribution is 9.11. The zero-order chi connectivity index (χ0) is 11.7. The number of rotatable bonds is 2. The largest absolute Gasteiger partial charge is 0.264 e. The molecule has 0 aliphatic rings. The minimum absolute atomic E-state index is 0.864. The Morgan fingerprint density at radius 3 is 2.56 bits per heavy atom. The third kappa shape index (κ3) is 1.96. The van der Waals surface area contributed by atoms with Crippen molar-refractivity contribution >= 4 is 31.9 Å². The van der Waals surface area contributed by atoms with Crippen LogP contribution >= 0.6 is 31.9 Å². The summed E-state index contributed by atoms with van der Waals surface area (Å²) >= 11 is 7.19. The zero-order valence-corrected chi connectivity index (χ0v) is 12.3. The fraction of sp³-hybridized carbons (Fsp3) is 0.250. The fourth-order valence-corrected chi connectivity index (χ4v) is 2.67. The summed E-state index contributed by atoms with van der Waals surface area (Å²) in [5.74, 6) is 0. The predicted molar refractivity (Wildman–Crippen MR) is 73.5 cm³/mol. The molecule has 0 N–H and O–H groups in total. The van der Waals surface area contributed by atoms with Crippen LogP contribution in [0.4, 0.5) is 0 Å². The van der Waals surface area contributed by atoms with Crippen LogP contribution in [-0.4, -0.2) is 9.78 Å². The third-order valence-corrected chi connectivity index (χ3v) is 4.12. The van der Waals surface area contributed by atoms with Crippen molar-refractivity contribution in [1.29, 1.82) is 0 Å². The predicted octanol–water partition coefficient (Wildman–Crippen LogP) is 4.40. The van der Waals surface area contributed by atoms with Gasteiger partial charge in [-0.1, -0.05) is 34.1 Å². The van der Waals surface area contributed by atoms with E-state index in [4.69, 9.17) is 0 Å². The maximum Gasteiger partial charge on any atom is 0.0838 e. The van der Waals surface area contributed by atoms with Gasteiger partial charge in [-0.2, -0.15) is 5.10 Å². The van der Waals surface area contributed by atoms with Gasteiger partial charge in [0.05, 0.1) is 15.9 Å². The van der Waals surface area contributed by atoms with Crippen molar-refractivity contribution in [2.75, 3.05) is 0 Å². The Morgan fingerprint density at radius 1 is 1.25 bits per heavy atom. The average molecular weight is 344 g/mol. The normalized spacial score (nSPS) is 10.8. The molecule has 0 aliphatic carbocycles. The maximum atomic E-state index is 4.50. The highest BCUT2D eigenvalue weighted by Crippen LogP contribution is 2.35. The van der Waals surface area contributed by atoms with Crippen molar-refractivity contribution in [3.8, 4) is 11.3 Å². The van der Waals surface area contributed by atoms with E-state index in [-0.39, 0.29) is 0 Å². The van der Waals surface area contributed by atoms with Gasteiger partial charge in [0.1, 0.15) is 0 Å². The van der Waals surface area contributed by atoms with Crippen molar-refractivity contribution in [2.45, 2.75) is 20.4 Å². The van der Waals surface area contributed by atoms with Crippen LogP contribution in [0, 0.1) is 6.92 Å². The Kier molecular flexibility index (Phi) is 3.50. The summed E-state index contributed by atoms with van der Waals surface area (Å²) in [5.41, 5.74) is 3.32. The van der Waals surface area contributed by atoms with Crippen LogP contribution < -0.4 is 0 Å². The monoisotopic (exact) mass is 342 g/mol. The number of benzene rings is 1. The molecule has 2 rings (SSSR count). The second kappa shape index (κ2) is 4.72. The quantitative estimate of drug-likeness (QED) is 0.790. The van der Waals surface area contributed by atoms with Crippen LogP contribution in [0.15, 0.2) is 33.2 Å². The minimum Gasteiger partial charge on any atom is -0.264 e. The molecule has 1 aromatic heterocycles. The lowest BCUT2D eigenvalue weighted by Crippen LogP contribution is -1.99. The molecule has 4 heteroatoms. The highest BCUT2D eigenvalue weighted by Gasteiger charge is 2.15. The molecular weight excluding hydrogens is 332 g/mol. The van der Waals surface area contributed by atoms with Crippen molar-refractivity contribution in [2.24, 2.45) is 0 Å². The first-order valence-electron chi connectivity index (χ1n) is 5.13. The molecule has 0 atom stereocenters. The first-order valence-corrected chi connectivity index (χ1v) is 6.71. The van der Waals surface area contributed by atoms with Gasteiger partial charge in [0, 0.05) is 16.6 Å². The molecule has 1 aromatic carbocycles. The van der Waals surface area contributed by atoms with Crippen LogP contribution in [0.25, 0.3) is 11.3 Å². The van der Waals surface area contributed by atoms with Gasteiger partial charge >= 0.3 is 0 Å². The summed E-state index contributed by atoms with van der Waals surface area (Å²) in [6.45, 7) is 4.97. The lowest BCUT2D eigenvalue weighted by molar-refractivity contribution is 0.660. The average Bonchev–Trinajstić information content (AvgIpc) is 2.56. The Bertz CT molecular complexity index is 518. The Hall–Kier alpha value is -0.610. The van der Waals surface area contributed by atoms with Crippen LogP contribution in [0.2, 0.25) is 0 Å². The van der Waals surface area contributed by atoms with E-state index in [1.165, 1.54) is 0 Å². The molecule has 0 fully saturated rings. The van der Waals surface area contributed by atoms with Gasteiger partial charge in [0.2, 0.25) is 0 Å². The van der Waals surface area contributed by atoms with E-state index in [0.29, 0.717) is 0 Å². The summed E-state index contributed by atoms with van der Waals surface area (Å²) < 4.78 is 4.17. The summed E-state index contributed by atoms with van der Waals surface area (Å²) in [6.07, 6.45) is 0. The van der Waals surface area contributed by atoms with E-state index in [1.807, 2.05) is 29.8 Å². The Morgan fingerprint density at radius 2 is 1.94 bits per heavy atom. The van der Waals surface area contributed by atoms with E-state index in [0.717, 1.165) is 32.4 Å². The molecule has 16 heavy (non-hydrogen) atoms. The lowest BCUT2D eigenvalue weighted by Gasteiger charge is -2.07. The third-order valence-electron chi connectivity index (χ3n) is 2.48. The van der Waals surface area contributed by atoms with Crippen molar-refractivity contribution in [3.63, 3.8) is 0 Å². The molecule has 0 spiro atoms. The number of aryl methyl sites for hydroxylation is 2. The van der Waals surface area contributed by atoms with Gasteiger partial charge in [-0.05, 0) is 35.8 Å². The number of halogens is 2. The fourth-order valence-electron chi connectivity index (χ4n) is 1.70. The van der Waals surface area contributed by atoms with Gasteiger partial charge in [-0.15, -0.1) is 0 Å². The summed E-state index contributed by atoms with van der Waals surface area (Å²) in [7, 11) is 0. The van der Waals surface area contributed by atoms with Crippen LogP contribution in [0.3, 0.4) is 0 Å². The number of nitrogens with zero attached hydrogens (tertiary/aromatic N) is 2. The Labute approximate surface area is 112 Å². The topological polar surface area (TPSA) is 17.8 Å². The lowest BCUT2D eigenvalue weighted by atomic mass is 10.1. The van der Waals surface area contributed by atoms with Crippen LogP contribution in [0.1, 0.15) is 12.6 Å². The highest BCUT2D eigenvalue weighted by atomic mass is 79.9. The number of hydrogen-bond acceptors (Lipinski definition) is 1. The first-order chi connectivity index (χ1) is 7.65. The van der Waals surface area contributed by atoms with Crippen molar-refractivity contribution in [3.05, 3.63) is 38.9 Å². The summed E-state index contributed by atoms with van der Waals surface area (Å²) in [5, 5.41) is 4.50. The standard InChI is InChI=1S/C12H12Br2N2/c1-3-16-12(11(14)8(2)15-16)9-6-4-5-7-10(9)13/h4-7H,3H2,1-2H3. The van der Waals surface area contributed by atoms with Gasteiger partial charge < -0.3 is 0 Å². The molecule has 0 bridgehead atoms. The van der Waals surface area contributed by atoms with Gasteiger partial charge in [-0.25, -0.2) is 0 Å². The Balaban J connectivity index is 2.68. The summed E-state index contributed by atoms with van der Waals surface area (Å²) in [4.78, 5) is 0. The van der Waals surface area contributed by atoms with Crippen molar-refractivity contribution in [1.82, 2.24) is 9.78 Å². The first kappa shape index (κ1) is 11.9. The van der Waals surface area contributed by atoms with E-state index < -0.39 is 0 Å². The van der Waals surface area contributed by atoms with Crippen molar-refractivity contribution < 1.29 is 0 Å². The number of hydrogen-bond donors (Lipinski definition) is 0. The van der Waals surface area contributed by atoms with Crippen LogP contribution in [-0.2, 0) is 6.54 Å². The molecule has 1 heterocycles. The molecule has 0 amide bonds. The molecule has 0 aliphatic heterocycles. The van der Waals surface area contributed by atoms with E-state index in [9.17, 15) is 0 Å². The smallest absolute Gasteiger partial charge is 0.0838 e. The molecule has 0 saturated carbocycles. The molecule has 84 valence electrons. The van der Waals surface area contributed by atoms with Crippen LogP contribution in [0.5, 0.6) is 0 Å². The second-order valence-corrected chi connectivity index (χ2v) is 5.19. The van der Waals surface area contributed by atoms with Gasteiger partial charge in [0.15, 0.2) is 0 Å². The molecule has 0 radical (unpaired) electrons. The molecule has 0 unspecified atom stereocenters. The maximum absolute atomic E-state index is 4.50. The summed E-state index contributed by atoms with van der Waals surface area (Å²) in [6, 6.07) is 8.19. The number of aromatic nitrogens is 2. The molecule has 0 saturated heterocycles.